The standard InChI is InChI=1S/C54H88O24/c1-49(2)14-23-22-8-9-29-51(5)12-11-31(50(3,4)28(51)10-13-52(29,6)53(22,7)15-30(60)54(23,21-59)32(16-49)76-45-41(69)37(65)33(61)24(17-55)71-45)75-47-43(39(67)35(63)26(19-57)73-47)78-48-44(40(68)36(64)27(20-58)74-48)77-46-42(70)38(66)34(62)25(18-56)72-46/h8,23-29,31-48,55-59,61-70H,9-21H2,1-7H3/t23-,24+,25-,26-,27-,28-,29-,31+,32+,33+,34-,35-,36-,37-,38+,39+,40+,41+,42-,43-,44-,45-,46+,47+,48+,51+,52-,53-,54+/m1/s1. The molecule has 4 heterocycles. The van der Waals surface area contributed by atoms with Crippen molar-refractivity contribution in [3.8, 4) is 0 Å². The summed E-state index contributed by atoms with van der Waals surface area (Å²) in [5.41, 5.74) is -2.85. The molecule has 0 amide bonds. The van der Waals surface area contributed by atoms with Crippen LogP contribution in [0.1, 0.15) is 99.8 Å². The summed E-state index contributed by atoms with van der Waals surface area (Å²) in [7, 11) is 0. The fourth-order valence-corrected chi connectivity index (χ4v) is 16.6. The summed E-state index contributed by atoms with van der Waals surface area (Å²) in [4.78, 5) is 15.3. The molecule has 0 spiro atoms. The Balaban J connectivity index is 0.975. The second-order valence-corrected chi connectivity index (χ2v) is 26.3. The third-order valence-corrected chi connectivity index (χ3v) is 21.3. The van der Waals surface area contributed by atoms with Crippen LogP contribution in [-0.2, 0) is 42.7 Å². The lowest BCUT2D eigenvalue weighted by Gasteiger charge is -2.71. The second-order valence-electron chi connectivity index (χ2n) is 26.3. The van der Waals surface area contributed by atoms with Gasteiger partial charge in [-0.25, -0.2) is 0 Å². The van der Waals surface area contributed by atoms with E-state index in [1.165, 1.54) is 0 Å². The van der Waals surface area contributed by atoms with Crippen LogP contribution in [0.2, 0.25) is 0 Å². The number of hydrogen-bond donors (Lipinski definition) is 15. The van der Waals surface area contributed by atoms with Crippen LogP contribution >= 0.6 is 0 Å². The number of ketones is 1. The average molecular weight is 1120 g/mol. The number of Topliss-reactive ketones (excluding diaryl/α,β-unsaturated/α-hetero) is 1. The fourth-order valence-electron chi connectivity index (χ4n) is 16.6. The quantitative estimate of drug-likeness (QED) is 0.0631. The number of aliphatic hydroxyl groups excluding tert-OH is 15. The van der Waals surface area contributed by atoms with Crippen LogP contribution in [0.25, 0.3) is 0 Å². The second kappa shape index (κ2) is 22.2. The Morgan fingerprint density at radius 2 is 0.962 bits per heavy atom. The van der Waals surface area contributed by atoms with Crippen molar-refractivity contribution in [1.82, 2.24) is 0 Å². The van der Waals surface area contributed by atoms with E-state index in [4.69, 9.17) is 37.9 Å². The van der Waals surface area contributed by atoms with E-state index in [1.54, 1.807) is 0 Å². The molecule has 9 rings (SSSR count). The van der Waals surface area contributed by atoms with E-state index < -0.39 is 201 Å². The summed E-state index contributed by atoms with van der Waals surface area (Å²) in [6.07, 6.45) is -28.9. The van der Waals surface area contributed by atoms with Crippen LogP contribution in [0.4, 0.5) is 0 Å². The molecule has 24 nitrogen and oxygen atoms in total. The highest BCUT2D eigenvalue weighted by atomic mass is 16.8. The SMILES string of the molecule is CC1(C)C[C@H](O[C@H]2O[C@@H](CO)[C@H](O)[C@@H](O)[C@@H]2O)[C@]2(CO)C(=O)C[C@]3(C)C(=CC[C@@H]4[C@@]5(C)CC[C@H](O[C@@H]6O[C@H](CO)[C@@H](O)[C@H](O)[C@H]6O[C@@H]6O[C@H](CO)[C@@H](O)[C@H](O)[C@H]6O[C@@H]6O[C@H](CO)[C@@H](O)[C@H](O)[C@H]6O)C(C)(C)[C@H]5CC[C@]43C)[C@H]2C1. The summed E-state index contributed by atoms with van der Waals surface area (Å²) < 4.78 is 49.0. The molecular formula is C54H88O24. The molecule has 0 aromatic heterocycles. The molecule has 9 aliphatic rings. The predicted octanol–water partition coefficient (Wildman–Crippen LogP) is -3.41. The molecule has 4 saturated heterocycles. The maximum absolute atomic E-state index is 15.3. The van der Waals surface area contributed by atoms with E-state index in [-0.39, 0.29) is 29.5 Å². The van der Waals surface area contributed by atoms with Gasteiger partial charge in [0.2, 0.25) is 0 Å². The van der Waals surface area contributed by atoms with Gasteiger partial charge >= 0.3 is 0 Å². The number of ether oxygens (including phenoxy) is 8. The number of carbonyl (C=O) groups excluding carboxylic acids is 1. The highest BCUT2D eigenvalue weighted by molar-refractivity contribution is 5.89. The van der Waals surface area contributed by atoms with Gasteiger partial charge in [-0.3, -0.25) is 4.79 Å². The van der Waals surface area contributed by atoms with Gasteiger partial charge in [0.1, 0.15) is 103 Å². The van der Waals surface area contributed by atoms with Gasteiger partial charge in [0.05, 0.1) is 50.7 Å². The van der Waals surface area contributed by atoms with E-state index in [9.17, 15) is 76.6 Å². The van der Waals surface area contributed by atoms with Crippen molar-refractivity contribution in [2.24, 2.45) is 50.2 Å². The molecule has 78 heavy (non-hydrogen) atoms. The van der Waals surface area contributed by atoms with Crippen LogP contribution in [0.5, 0.6) is 0 Å². The summed E-state index contributed by atoms with van der Waals surface area (Å²) in [5, 5.41) is 161. The van der Waals surface area contributed by atoms with Gasteiger partial charge in [0.15, 0.2) is 25.2 Å². The Morgan fingerprint density at radius 1 is 0.513 bits per heavy atom. The van der Waals surface area contributed by atoms with Crippen LogP contribution in [-0.4, -0.2) is 250 Å². The molecule has 29 atom stereocenters. The lowest BCUT2D eigenvalue weighted by Crippen LogP contribution is -2.69. The maximum Gasteiger partial charge on any atom is 0.187 e. The topological polar surface area (TPSA) is 394 Å². The van der Waals surface area contributed by atoms with E-state index in [0.717, 1.165) is 5.57 Å². The van der Waals surface area contributed by atoms with Crippen molar-refractivity contribution in [3.63, 3.8) is 0 Å². The van der Waals surface area contributed by atoms with Crippen molar-refractivity contribution in [2.75, 3.05) is 33.0 Å². The average Bonchev–Trinajstić information content (AvgIpc) is 2.00. The number of aliphatic hydroxyl groups is 15. The molecule has 0 unspecified atom stereocenters. The molecular weight excluding hydrogens is 1030 g/mol. The van der Waals surface area contributed by atoms with Gasteiger partial charge in [-0.2, -0.15) is 0 Å². The maximum atomic E-state index is 15.3. The zero-order valence-electron chi connectivity index (χ0n) is 45.6. The van der Waals surface area contributed by atoms with Gasteiger partial charge in [-0.15, -0.1) is 0 Å². The van der Waals surface area contributed by atoms with E-state index in [2.05, 4.69) is 54.5 Å². The number of rotatable bonds is 13. The fraction of sp³-hybridized carbons (Fsp3) is 0.944. The number of fused-ring (bicyclic) bond motifs is 7. The number of carbonyl (C=O) groups is 1. The highest BCUT2D eigenvalue weighted by Crippen LogP contribution is 2.75. The third-order valence-electron chi connectivity index (χ3n) is 21.3. The lowest BCUT2D eigenvalue weighted by atomic mass is 9.33. The lowest BCUT2D eigenvalue weighted by molar-refractivity contribution is -0.398. The Morgan fingerprint density at radius 3 is 1.46 bits per heavy atom. The molecule has 448 valence electrons. The Kier molecular flexibility index (Phi) is 17.3. The molecule has 4 aliphatic heterocycles. The molecule has 0 aromatic rings. The van der Waals surface area contributed by atoms with Gasteiger partial charge in [-0.05, 0) is 84.4 Å². The van der Waals surface area contributed by atoms with Gasteiger partial charge < -0.3 is 114 Å². The van der Waals surface area contributed by atoms with Crippen LogP contribution in [0.3, 0.4) is 0 Å². The monoisotopic (exact) mass is 1120 g/mol. The summed E-state index contributed by atoms with van der Waals surface area (Å²) in [6.45, 7) is 11.5. The number of hydrogen-bond acceptors (Lipinski definition) is 24. The molecule has 4 saturated carbocycles. The largest absolute Gasteiger partial charge is 0.395 e. The molecule has 15 N–H and O–H groups in total. The zero-order valence-corrected chi connectivity index (χ0v) is 45.6. The Hall–Kier alpha value is -1.51. The summed E-state index contributed by atoms with van der Waals surface area (Å²) in [5.74, 6) is -0.594. The molecule has 24 heteroatoms. The summed E-state index contributed by atoms with van der Waals surface area (Å²) >= 11 is 0. The third kappa shape index (κ3) is 9.62. The van der Waals surface area contributed by atoms with Crippen molar-refractivity contribution in [1.29, 1.82) is 0 Å². The van der Waals surface area contributed by atoms with Gasteiger partial charge in [0.25, 0.3) is 0 Å². The minimum absolute atomic E-state index is 0.00631. The van der Waals surface area contributed by atoms with E-state index in [1.807, 2.05) is 0 Å². The van der Waals surface area contributed by atoms with Crippen LogP contribution in [0, 0.1) is 50.2 Å². The minimum Gasteiger partial charge on any atom is -0.395 e. The zero-order chi connectivity index (χ0) is 57.1. The Bertz CT molecular complexity index is 2150. The first-order valence-corrected chi connectivity index (χ1v) is 27.9. The van der Waals surface area contributed by atoms with Crippen molar-refractivity contribution >= 4 is 5.78 Å². The predicted molar refractivity (Wildman–Crippen MR) is 264 cm³/mol. The minimum atomic E-state index is -1.95. The smallest absolute Gasteiger partial charge is 0.187 e. The highest BCUT2D eigenvalue weighted by Gasteiger charge is 2.72. The molecule has 0 bridgehead atoms. The van der Waals surface area contributed by atoms with Gasteiger partial charge in [0, 0.05) is 11.8 Å². The Labute approximate surface area is 453 Å². The van der Waals surface area contributed by atoms with E-state index >= 15 is 4.79 Å². The van der Waals surface area contributed by atoms with Crippen molar-refractivity contribution in [3.05, 3.63) is 11.6 Å². The van der Waals surface area contributed by atoms with E-state index in [0.29, 0.717) is 44.9 Å². The first-order chi connectivity index (χ1) is 36.5. The molecule has 0 radical (unpaired) electrons. The first-order valence-electron chi connectivity index (χ1n) is 27.9. The molecule has 5 aliphatic carbocycles. The van der Waals surface area contributed by atoms with Crippen molar-refractivity contribution in [2.45, 2.75) is 235 Å². The normalized spacial score (nSPS) is 54.0. The van der Waals surface area contributed by atoms with Gasteiger partial charge in [-0.1, -0.05) is 60.1 Å². The number of allylic oxidation sites excluding steroid dienone is 2. The van der Waals surface area contributed by atoms with Crippen molar-refractivity contribution < 1.29 is 119 Å². The molecule has 8 fully saturated rings. The molecule has 0 aromatic carbocycles. The van der Waals surface area contributed by atoms with Crippen LogP contribution in [0.15, 0.2) is 11.6 Å². The summed E-state index contributed by atoms with van der Waals surface area (Å²) in [6, 6.07) is 0. The van der Waals surface area contributed by atoms with Crippen LogP contribution < -0.4 is 0 Å². The first kappa shape index (κ1) is 61.1.